The van der Waals surface area contributed by atoms with Crippen molar-refractivity contribution < 1.29 is 23.9 Å². The number of hydrogen-bond donors (Lipinski definition) is 0. The molecule has 6 nitrogen and oxygen atoms in total. The van der Waals surface area contributed by atoms with Crippen LogP contribution in [0.5, 0.6) is 11.5 Å². The first-order chi connectivity index (χ1) is 18.0. The Balaban J connectivity index is 1.19. The van der Waals surface area contributed by atoms with E-state index in [4.69, 9.17) is 9.47 Å². The van der Waals surface area contributed by atoms with Crippen LogP contribution in [0.4, 0.5) is 4.79 Å². The van der Waals surface area contributed by atoms with Crippen molar-refractivity contribution in [3.63, 3.8) is 0 Å². The van der Waals surface area contributed by atoms with E-state index in [-0.39, 0.29) is 24.3 Å². The summed E-state index contributed by atoms with van der Waals surface area (Å²) < 4.78 is 11.3. The van der Waals surface area contributed by atoms with Crippen molar-refractivity contribution in [3.05, 3.63) is 113 Å². The van der Waals surface area contributed by atoms with Gasteiger partial charge in [0.2, 0.25) is 0 Å². The van der Waals surface area contributed by atoms with Gasteiger partial charge in [-0.1, -0.05) is 66.2 Å². The highest BCUT2D eigenvalue weighted by atomic mass is 32.2. The fraction of sp³-hybridized carbons (Fsp3) is 0.100. The summed E-state index contributed by atoms with van der Waals surface area (Å²) in [5.41, 5.74) is 2.24. The first kappa shape index (κ1) is 24.3. The molecule has 2 amide bonds. The first-order valence-electron chi connectivity index (χ1n) is 11.7. The van der Waals surface area contributed by atoms with Crippen molar-refractivity contribution in [2.24, 2.45) is 0 Å². The number of nitrogens with zero attached hydrogens (tertiary/aromatic N) is 1. The number of hydrogen-bond acceptors (Lipinski definition) is 6. The molecule has 0 radical (unpaired) electrons. The minimum Gasteiger partial charge on any atom is -0.491 e. The van der Waals surface area contributed by atoms with Crippen LogP contribution < -0.4 is 9.47 Å². The fourth-order valence-corrected chi connectivity index (χ4v) is 4.77. The van der Waals surface area contributed by atoms with Gasteiger partial charge in [0.1, 0.15) is 18.1 Å². The van der Waals surface area contributed by atoms with Crippen molar-refractivity contribution in [2.75, 3.05) is 13.2 Å². The second-order valence-electron chi connectivity index (χ2n) is 8.48. The van der Waals surface area contributed by atoms with Crippen LogP contribution in [0.3, 0.4) is 0 Å². The highest BCUT2D eigenvalue weighted by molar-refractivity contribution is 8.18. The number of imide groups is 1. The van der Waals surface area contributed by atoms with E-state index in [1.807, 2.05) is 61.5 Å². The van der Waals surface area contributed by atoms with Crippen LogP contribution in [-0.4, -0.2) is 35.2 Å². The summed E-state index contributed by atoms with van der Waals surface area (Å²) >= 11 is 0.896. The highest BCUT2D eigenvalue weighted by Crippen LogP contribution is 2.32. The van der Waals surface area contributed by atoms with E-state index < -0.39 is 5.97 Å². The topological polar surface area (TPSA) is 72.9 Å². The van der Waals surface area contributed by atoms with Gasteiger partial charge < -0.3 is 9.47 Å². The van der Waals surface area contributed by atoms with Crippen molar-refractivity contribution in [2.45, 2.75) is 6.92 Å². The molecule has 1 aliphatic heterocycles. The molecule has 1 aliphatic rings. The summed E-state index contributed by atoms with van der Waals surface area (Å²) in [6.07, 6.45) is 1.65. The van der Waals surface area contributed by atoms with Crippen LogP contribution >= 0.6 is 11.8 Å². The van der Waals surface area contributed by atoms with E-state index in [1.165, 1.54) is 4.90 Å². The summed E-state index contributed by atoms with van der Waals surface area (Å²) in [6, 6.07) is 27.6. The first-order valence-corrected chi connectivity index (χ1v) is 12.5. The number of carbonyl (C=O) groups is 3. The molecule has 0 N–H and O–H groups in total. The van der Waals surface area contributed by atoms with E-state index in [2.05, 4.69) is 0 Å². The van der Waals surface area contributed by atoms with Crippen molar-refractivity contribution in [3.8, 4) is 11.5 Å². The molecule has 0 atom stereocenters. The number of rotatable bonds is 7. The summed E-state index contributed by atoms with van der Waals surface area (Å²) in [4.78, 5) is 39.2. The van der Waals surface area contributed by atoms with E-state index in [0.717, 1.165) is 28.1 Å². The van der Waals surface area contributed by atoms with Crippen molar-refractivity contribution >= 4 is 45.7 Å². The Morgan fingerprint density at radius 2 is 1.62 bits per heavy atom. The third-order valence-electron chi connectivity index (χ3n) is 5.87. The van der Waals surface area contributed by atoms with Crippen molar-refractivity contribution in [1.82, 2.24) is 4.90 Å². The van der Waals surface area contributed by atoms with Crippen LogP contribution in [0.25, 0.3) is 16.8 Å². The summed E-state index contributed by atoms with van der Waals surface area (Å²) in [5.74, 6) is 0.302. The van der Waals surface area contributed by atoms with Gasteiger partial charge in [-0.2, -0.15) is 0 Å². The van der Waals surface area contributed by atoms with E-state index in [0.29, 0.717) is 27.5 Å². The number of ether oxygens (including phenoxy) is 2. The zero-order chi connectivity index (χ0) is 25.8. The quantitative estimate of drug-likeness (QED) is 0.161. The van der Waals surface area contributed by atoms with E-state index in [9.17, 15) is 14.4 Å². The molecule has 0 spiro atoms. The monoisotopic (exact) mass is 509 g/mol. The van der Waals surface area contributed by atoms with Crippen molar-refractivity contribution in [1.29, 1.82) is 0 Å². The van der Waals surface area contributed by atoms with Crippen LogP contribution in [0.1, 0.15) is 21.5 Å². The average Bonchev–Trinajstić information content (AvgIpc) is 3.17. The second-order valence-corrected chi connectivity index (χ2v) is 9.48. The molecular weight excluding hydrogens is 486 g/mol. The van der Waals surface area contributed by atoms with Gasteiger partial charge in [-0.25, -0.2) is 4.79 Å². The predicted molar refractivity (Wildman–Crippen MR) is 145 cm³/mol. The molecule has 0 aliphatic carbocycles. The second kappa shape index (κ2) is 10.7. The molecule has 4 aromatic rings. The Bertz CT molecular complexity index is 1500. The van der Waals surface area contributed by atoms with Crippen LogP contribution in [-0.2, 0) is 4.79 Å². The Morgan fingerprint density at radius 3 is 2.41 bits per heavy atom. The number of carbonyl (C=O) groups excluding carboxylic acids is 3. The maximum Gasteiger partial charge on any atom is 0.343 e. The van der Waals surface area contributed by atoms with Gasteiger partial charge in [-0.05, 0) is 66.0 Å². The van der Waals surface area contributed by atoms with Gasteiger partial charge in [-0.3, -0.25) is 14.5 Å². The third-order valence-corrected chi connectivity index (χ3v) is 6.78. The van der Waals surface area contributed by atoms with Gasteiger partial charge in [0.15, 0.2) is 0 Å². The molecule has 1 fully saturated rings. The van der Waals surface area contributed by atoms with E-state index in [1.54, 1.807) is 42.5 Å². The standard InChI is InChI=1S/C30H23NO5S/c1-20-9-13-23(14-10-20)29(33)36-24-15-11-21(12-16-24)19-27-28(32)31(30(34)37-27)17-18-35-26-8-4-6-22-5-2-3-7-25(22)26/h2-16,19H,17-18H2,1H3/b27-19-. The lowest BCUT2D eigenvalue weighted by Gasteiger charge is -2.14. The Hall–Kier alpha value is -4.36. The summed E-state index contributed by atoms with van der Waals surface area (Å²) in [5, 5.41) is 1.71. The molecule has 37 heavy (non-hydrogen) atoms. The molecule has 0 saturated carbocycles. The lowest BCUT2D eigenvalue weighted by atomic mass is 10.1. The number of amides is 2. The van der Waals surface area contributed by atoms with Crippen LogP contribution in [0.15, 0.2) is 95.9 Å². The van der Waals surface area contributed by atoms with Gasteiger partial charge >= 0.3 is 5.97 Å². The molecule has 1 heterocycles. The lowest BCUT2D eigenvalue weighted by Crippen LogP contribution is -2.32. The smallest absolute Gasteiger partial charge is 0.343 e. The highest BCUT2D eigenvalue weighted by Gasteiger charge is 2.34. The van der Waals surface area contributed by atoms with Gasteiger partial charge in [-0.15, -0.1) is 0 Å². The third kappa shape index (κ3) is 5.57. The molecule has 1 saturated heterocycles. The van der Waals surface area contributed by atoms with Crippen LogP contribution in [0.2, 0.25) is 0 Å². The lowest BCUT2D eigenvalue weighted by molar-refractivity contribution is -0.123. The predicted octanol–water partition coefficient (Wildman–Crippen LogP) is 6.48. The Kier molecular flexibility index (Phi) is 7.05. The maximum atomic E-state index is 12.9. The largest absolute Gasteiger partial charge is 0.491 e. The number of esters is 1. The van der Waals surface area contributed by atoms with Gasteiger partial charge in [0.25, 0.3) is 11.1 Å². The molecule has 0 aromatic heterocycles. The maximum absolute atomic E-state index is 12.9. The zero-order valence-electron chi connectivity index (χ0n) is 20.0. The molecule has 0 bridgehead atoms. The fourth-order valence-electron chi connectivity index (χ4n) is 3.90. The number of thioether (sulfide) groups is 1. The number of fused-ring (bicyclic) bond motifs is 1. The Morgan fingerprint density at radius 1 is 0.892 bits per heavy atom. The molecular formula is C30H23NO5S. The van der Waals surface area contributed by atoms with Crippen LogP contribution in [0, 0.1) is 6.92 Å². The SMILES string of the molecule is Cc1ccc(C(=O)Oc2ccc(/C=C3\SC(=O)N(CCOc4cccc5ccccc45)C3=O)cc2)cc1. The minimum absolute atomic E-state index is 0.152. The summed E-state index contributed by atoms with van der Waals surface area (Å²) in [6.45, 7) is 2.29. The average molecular weight is 510 g/mol. The van der Waals surface area contributed by atoms with Gasteiger partial charge in [0.05, 0.1) is 17.0 Å². The molecule has 7 heteroatoms. The normalized spacial score (nSPS) is 14.4. The Labute approximate surface area is 218 Å². The zero-order valence-corrected chi connectivity index (χ0v) is 20.9. The number of benzene rings is 4. The molecule has 5 rings (SSSR count). The molecule has 184 valence electrons. The number of aryl methyl sites for hydroxylation is 1. The molecule has 4 aromatic carbocycles. The summed E-state index contributed by atoms with van der Waals surface area (Å²) in [7, 11) is 0. The van der Waals surface area contributed by atoms with Gasteiger partial charge in [0, 0.05) is 5.39 Å². The van der Waals surface area contributed by atoms with E-state index >= 15 is 0 Å². The molecule has 0 unspecified atom stereocenters. The minimum atomic E-state index is -0.445.